The quantitative estimate of drug-likeness (QED) is 0.799. The molecular weight excluding hydrogens is 338 g/mol. The Morgan fingerprint density at radius 1 is 1.30 bits per heavy atom. The Morgan fingerprint density at radius 3 is 2.85 bits per heavy atom. The second kappa shape index (κ2) is 7.31. The van der Waals surface area contributed by atoms with Crippen molar-refractivity contribution in [2.24, 2.45) is 17.8 Å². The van der Waals surface area contributed by atoms with Gasteiger partial charge < -0.3 is 15.1 Å². The first-order valence-electron chi connectivity index (χ1n) is 10.7. The van der Waals surface area contributed by atoms with Crippen molar-refractivity contribution in [3.05, 3.63) is 35.4 Å². The van der Waals surface area contributed by atoms with Crippen molar-refractivity contribution in [2.75, 3.05) is 13.6 Å². The van der Waals surface area contributed by atoms with Gasteiger partial charge in [0.05, 0.1) is 0 Å². The summed E-state index contributed by atoms with van der Waals surface area (Å²) in [7, 11) is 2.10. The van der Waals surface area contributed by atoms with Crippen LogP contribution < -0.4 is 0 Å². The Bertz CT molecular complexity index is 701. The third kappa shape index (κ3) is 3.59. The van der Waals surface area contributed by atoms with E-state index in [2.05, 4.69) is 43.1 Å². The molecule has 4 rings (SSSR count). The highest BCUT2D eigenvalue weighted by atomic mass is 16.5. The van der Waals surface area contributed by atoms with E-state index in [1.807, 2.05) is 0 Å². The highest BCUT2D eigenvalue weighted by Gasteiger charge is 2.46. The zero-order chi connectivity index (χ0) is 19.2. The average Bonchev–Trinajstić information content (AvgIpc) is 3.05. The maximum atomic E-state index is 13.6. The highest BCUT2D eigenvalue weighted by Crippen LogP contribution is 2.44. The highest BCUT2D eigenvalue weighted by molar-refractivity contribution is 5.85. The van der Waals surface area contributed by atoms with Crippen molar-refractivity contribution in [3.63, 3.8) is 0 Å². The minimum absolute atomic E-state index is 0.0165. The van der Waals surface area contributed by atoms with E-state index in [0.29, 0.717) is 30.6 Å². The molecular formula is C23H33NO3. The van der Waals surface area contributed by atoms with E-state index in [9.17, 15) is 15.0 Å². The molecule has 1 saturated heterocycles. The Labute approximate surface area is 162 Å². The van der Waals surface area contributed by atoms with Crippen molar-refractivity contribution in [2.45, 2.75) is 69.6 Å². The van der Waals surface area contributed by atoms with Gasteiger partial charge in [-0.3, -0.25) is 4.79 Å². The van der Waals surface area contributed by atoms with Crippen molar-refractivity contribution < 1.29 is 15.0 Å². The summed E-state index contributed by atoms with van der Waals surface area (Å²) < 4.78 is 0. The topological polar surface area (TPSA) is 60.8 Å². The van der Waals surface area contributed by atoms with Gasteiger partial charge in [0.15, 0.2) is 5.79 Å². The molecule has 0 radical (unpaired) electrons. The zero-order valence-electron chi connectivity index (χ0n) is 16.6. The first-order valence-corrected chi connectivity index (χ1v) is 10.7. The number of hydrogen-bond donors (Lipinski definition) is 2. The molecule has 3 unspecified atom stereocenters. The number of hydrogen-bond acceptors (Lipinski definition) is 4. The van der Waals surface area contributed by atoms with E-state index in [4.69, 9.17) is 0 Å². The lowest BCUT2D eigenvalue weighted by atomic mass is 9.69. The molecule has 3 aliphatic rings. The normalized spacial score (nSPS) is 33.9. The molecule has 2 N–H and O–H groups in total. The molecule has 0 amide bonds. The molecule has 5 atom stereocenters. The van der Waals surface area contributed by atoms with Crippen molar-refractivity contribution in [1.82, 2.24) is 4.90 Å². The molecule has 1 heterocycles. The third-order valence-corrected chi connectivity index (χ3v) is 7.51. The van der Waals surface area contributed by atoms with Gasteiger partial charge in [-0.25, -0.2) is 0 Å². The number of rotatable bonds is 4. The van der Waals surface area contributed by atoms with Gasteiger partial charge in [0.2, 0.25) is 0 Å². The van der Waals surface area contributed by atoms with Crippen LogP contribution in [-0.4, -0.2) is 46.3 Å². The Morgan fingerprint density at radius 2 is 2.07 bits per heavy atom. The lowest BCUT2D eigenvalue weighted by molar-refractivity contribution is -0.206. The molecule has 0 aromatic heterocycles. The SMILES string of the molecule is CCC(C(=O)[C@@H]1CC2CC(O)(O)CC[C@H]2N(C)C1)C1CCc2ccccc21. The number of carbonyl (C=O) groups excluding carboxylic acids is 1. The van der Waals surface area contributed by atoms with Crippen LogP contribution in [0.15, 0.2) is 24.3 Å². The fourth-order valence-electron chi connectivity index (χ4n) is 6.22. The fourth-order valence-corrected chi connectivity index (χ4v) is 6.22. The summed E-state index contributed by atoms with van der Waals surface area (Å²) in [6.45, 7) is 2.96. The van der Waals surface area contributed by atoms with Gasteiger partial charge in [0, 0.05) is 37.3 Å². The molecule has 1 aromatic rings. The number of likely N-dealkylation sites (tertiary alicyclic amines) is 1. The van der Waals surface area contributed by atoms with Crippen LogP contribution in [-0.2, 0) is 11.2 Å². The van der Waals surface area contributed by atoms with Crippen LogP contribution >= 0.6 is 0 Å². The van der Waals surface area contributed by atoms with Gasteiger partial charge in [-0.2, -0.15) is 0 Å². The Kier molecular flexibility index (Phi) is 5.17. The lowest BCUT2D eigenvalue weighted by Gasteiger charge is -2.48. The number of aryl methyl sites for hydroxylation is 1. The van der Waals surface area contributed by atoms with Crippen LogP contribution in [0.3, 0.4) is 0 Å². The van der Waals surface area contributed by atoms with E-state index in [1.54, 1.807) is 0 Å². The van der Waals surface area contributed by atoms with Crippen LogP contribution in [0.5, 0.6) is 0 Å². The molecule has 1 aliphatic heterocycles. The maximum Gasteiger partial charge on any atom is 0.162 e. The second-order valence-electron chi connectivity index (χ2n) is 9.19. The number of piperidine rings is 1. The standard InChI is InChI=1S/C23H33NO3/c1-3-18(20-9-8-15-6-4-5-7-19(15)20)22(25)17-12-16-13-23(26,27)11-10-21(16)24(2)14-17/h4-7,16-18,20-21,26-27H,3,8-14H2,1-2H3/t16?,17-,18?,20?,21-/m1/s1. The predicted molar refractivity (Wildman–Crippen MR) is 105 cm³/mol. The van der Waals surface area contributed by atoms with E-state index >= 15 is 0 Å². The Balaban J connectivity index is 1.51. The smallest absolute Gasteiger partial charge is 0.162 e. The van der Waals surface area contributed by atoms with E-state index in [1.165, 1.54) is 11.1 Å². The number of benzene rings is 1. The number of aliphatic hydroxyl groups is 2. The summed E-state index contributed by atoms with van der Waals surface area (Å²) in [5.41, 5.74) is 2.79. The molecule has 1 aromatic carbocycles. The van der Waals surface area contributed by atoms with Crippen molar-refractivity contribution in [1.29, 1.82) is 0 Å². The van der Waals surface area contributed by atoms with Crippen LogP contribution in [0.2, 0.25) is 0 Å². The number of Topliss-reactive ketones (excluding diaryl/α,β-unsaturated/α-hetero) is 1. The maximum absolute atomic E-state index is 13.6. The van der Waals surface area contributed by atoms with Crippen LogP contribution in [0, 0.1) is 17.8 Å². The van der Waals surface area contributed by atoms with Gasteiger partial charge in [-0.05, 0) is 62.1 Å². The molecule has 2 fully saturated rings. The summed E-state index contributed by atoms with van der Waals surface area (Å²) in [5.74, 6) is -0.501. The minimum atomic E-state index is -1.55. The fraction of sp³-hybridized carbons (Fsp3) is 0.696. The molecule has 148 valence electrons. The van der Waals surface area contributed by atoms with Gasteiger partial charge in [0.25, 0.3) is 0 Å². The van der Waals surface area contributed by atoms with Crippen LogP contribution in [0.1, 0.15) is 62.5 Å². The molecule has 0 spiro atoms. The second-order valence-corrected chi connectivity index (χ2v) is 9.19. The summed E-state index contributed by atoms with van der Waals surface area (Å²) in [4.78, 5) is 15.9. The number of nitrogens with zero attached hydrogens (tertiary/aromatic N) is 1. The van der Waals surface area contributed by atoms with Crippen molar-refractivity contribution in [3.8, 4) is 0 Å². The summed E-state index contributed by atoms with van der Waals surface area (Å²) >= 11 is 0. The first-order chi connectivity index (χ1) is 12.9. The number of ketones is 1. The average molecular weight is 372 g/mol. The van der Waals surface area contributed by atoms with Gasteiger partial charge in [0.1, 0.15) is 5.78 Å². The van der Waals surface area contributed by atoms with E-state index in [0.717, 1.165) is 38.6 Å². The van der Waals surface area contributed by atoms with Crippen LogP contribution in [0.4, 0.5) is 0 Å². The van der Waals surface area contributed by atoms with Gasteiger partial charge in [-0.1, -0.05) is 31.2 Å². The largest absolute Gasteiger partial charge is 0.366 e. The van der Waals surface area contributed by atoms with Crippen molar-refractivity contribution >= 4 is 5.78 Å². The summed E-state index contributed by atoms with van der Waals surface area (Å²) in [5, 5.41) is 20.2. The molecule has 1 saturated carbocycles. The number of carbonyl (C=O) groups is 1. The summed E-state index contributed by atoms with van der Waals surface area (Å²) in [6, 6.07) is 8.99. The molecule has 4 heteroatoms. The molecule has 4 nitrogen and oxygen atoms in total. The number of fused-ring (bicyclic) bond motifs is 2. The van der Waals surface area contributed by atoms with E-state index in [-0.39, 0.29) is 17.8 Å². The predicted octanol–water partition coefficient (Wildman–Crippen LogP) is 3.11. The molecule has 2 aliphatic carbocycles. The molecule has 0 bridgehead atoms. The zero-order valence-corrected chi connectivity index (χ0v) is 16.6. The first kappa shape index (κ1) is 19.1. The lowest BCUT2D eigenvalue weighted by Crippen LogP contribution is -2.54. The van der Waals surface area contributed by atoms with E-state index < -0.39 is 5.79 Å². The Hall–Kier alpha value is -1.23. The third-order valence-electron chi connectivity index (χ3n) is 7.51. The monoisotopic (exact) mass is 371 g/mol. The summed E-state index contributed by atoms with van der Waals surface area (Å²) in [6.07, 6.45) is 5.49. The van der Waals surface area contributed by atoms with Gasteiger partial charge in [-0.15, -0.1) is 0 Å². The minimum Gasteiger partial charge on any atom is -0.366 e. The molecule has 27 heavy (non-hydrogen) atoms. The van der Waals surface area contributed by atoms with Gasteiger partial charge >= 0.3 is 0 Å². The van der Waals surface area contributed by atoms with Crippen LogP contribution in [0.25, 0.3) is 0 Å².